The van der Waals surface area contributed by atoms with Crippen LogP contribution in [0.5, 0.6) is 0 Å². The topological polar surface area (TPSA) is 49.0 Å². The molecule has 5 heteroatoms. The van der Waals surface area contributed by atoms with Gasteiger partial charge in [0.25, 0.3) is 5.91 Å². The van der Waals surface area contributed by atoms with Gasteiger partial charge in [-0.05, 0) is 30.4 Å². The van der Waals surface area contributed by atoms with E-state index in [1.165, 1.54) is 6.42 Å². The van der Waals surface area contributed by atoms with E-state index >= 15 is 0 Å². The van der Waals surface area contributed by atoms with Gasteiger partial charge in [-0.1, -0.05) is 36.7 Å². The van der Waals surface area contributed by atoms with Crippen molar-refractivity contribution in [2.45, 2.75) is 26.2 Å². The Kier molecular flexibility index (Phi) is 4.48. The van der Waals surface area contributed by atoms with E-state index in [4.69, 9.17) is 11.6 Å². The SMILES string of the molecule is CC1CCCN(C(=O)c2nc(Cc3ccccc3Cl)c[nH]2)C1. The largest absolute Gasteiger partial charge is 0.340 e. The highest BCUT2D eigenvalue weighted by Gasteiger charge is 2.24. The van der Waals surface area contributed by atoms with Gasteiger partial charge in [-0.2, -0.15) is 0 Å². The number of aromatic nitrogens is 2. The molecular weight excluding hydrogens is 298 g/mol. The number of benzene rings is 1. The molecule has 4 nitrogen and oxygen atoms in total. The molecule has 2 aromatic rings. The number of carbonyl (C=O) groups is 1. The van der Waals surface area contributed by atoms with Gasteiger partial charge in [0.2, 0.25) is 0 Å². The normalized spacial score (nSPS) is 18.5. The van der Waals surface area contributed by atoms with Crippen LogP contribution in [0, 0.1) is 5.92 Å². The van der Waals surface area contributed by atoms with Gasteiger partial charge in [0.1, 0.15) is 0 Å². The maximum atomic E-state index is 12.5. The second kappa shape index (κ2) is 6.53. The van der Waals surface area contributed by atoms with Gasteiger partial charge in [0, 0.05) is 30.7 Å². The molecule has 0 saturated carbocycles. The van der Waals surface area contributed by atoms with Crippen molar-refractivity contribution >= 4 is 17.5 Å². The van der Waals surface area contributed by atoms with Crippen LogP contribution in [-0.2, 0) is 6.42 Å². The first-order valence-corrected chi connectivity index (χ1v) is 8.08. The summed E-state index contributed by atoms with van der Waals surface area (Å²) in [6, 6.07) is 7.70. The van der Waals surface area contributed by atoms with Gasteiger partial charge in [0.15, 0.2) is 5.82 Å². The fraction of sp³-hybridized carbons (Fsp3) is 0.412. The number of halogens is 1. The fourth-order valence-electron chi connectivity index (χ4n) is 2.92. The molecule has 22 heavy (non-hydrogen) atoms. The third-order valence-electron chi connectivity index (χ3n) is 4.11. The molecule has 1 aliphatic rings. The zero-order valence-electron chi connectivity index (χ0n) is 12.7. The Bertz CT molecular complexity index is 667. The number of carbonyl (C=O) groups excluding carboxylic acids is 1. The molecule has 3 rings (SSSR count). The second-order valence-corrected chi connectivity index (χ2v) is 6.41. The standard InChI is InChI=1S/C17H20ClN3O/c1-12-5-4-8-21(11-12)17(22)16-19-10-14(20-16)9-13-6-2-3-7-15(13)18/h2-3,6-7,10,12H,4-5,8-9,11H2,1H3,(H,19,20). The molecule has 1 aromatic heterocycles. The number of likely N-dealkylation sites (tertiary alicyclic amines) is 1. The summed E-state index contributed by atoms with van der Waals surface area (Å²) in [5.74, 6) is 0.989. The lowest BCUT2D eigenvalue weighted by Gasteiger charge is -2.30. The summed E-state index contributed by atoms with van der Waals surface area (Å²) in [4.78, 5) is 21.8. The maximum absolute atomic E-state index is 12.5. The summed E-state index contributed by atoms with van der Waals surface area (Å²) in [7, 11) is 0. The van der Waals surface area contributed by atoms with E-state index < -0.39 is 0 Å². The molecule has 0 aliphatic carbocycles. The summed E-state index contributed by atoms with van der Waals surface area (Å²) in [5.41, 5.74) is 1.85. The number of H-pyrrole nitrogens is 1. The second-order valence-electron chi connectivity index (χ2n) is 6.01. The van der Waals surface area contributed by atoms with Crippen LogP contribution in [0.15, 0.2) is 30.5 Å². The third-order valence-corrected chi connectivity index (χ3v) is 4.48. The lowest BCUT2D eigenvalue weighted by Crippen LogP contribution is -2.39. The van der Waals surface area contributed by atoms with Crippen LogP contribution in [0.25, 0.3) is 0 Å². The van der Waals surface area contributed by atoms with E-state index in [9.17, 15) is 4.79 Å². The predicted octanol–water partition coefficient (Wildman–Crippen LogP) is 3.53. The van der Waals surface area contributed by atoms with Gasteiger partial charge in [-0.25, -0.2) is 4.98 Å². The molecule has 1 aliphatic heterocycles. The molecule has 1 unspecified atom stereocenters. The number of hydrogen-bond donors (Lipinski definition) is 1. The van der Waals surface area contributed by atoms with Crippen LogP contribution in [0.1, 0.15) is 41.6 Å². The van der Waals surface area contributed by atoms with Gasteiger partial charge in [-0.3, -0.25) is 4.79 Å². The molecular formula is C17H20ClN3O. The van der Waals surface area contributed by atoms with Crippen LogP contribution in [0.4, 0.5) is 0 Å². The molecule has 1 saturated heterocycles. The number of nitrogens with zero attached hydrogens (tertiary/aromatic N) is 2. The Morgan fingerprint density at radius 3 is 3.05 bits per heavy atom. The number of rotatable bonds is 3. The molecule has 0 radical (unpaired) electrons. The van der Waals surface area contributed by atoms with Crippen molar-refractivity contribution in [3.8, 4) is 0 Å². The van der Waals surface area contributed by atoms with Gasteiger partial charge in [-0.15, -0.1) is 0 Å². The van der Waals surface area contributed by atoms with Crippen LogP contribution < -0.4 is 0 Å². The Balaban J connectivity index is 1.71. The quantitative estimate of drug-likeness (QED) is 0.941. The smallest absolute Gasteiger partial charge is 0.289 e. The first kappa shape index (κ1) is 15.1. The summed E-state index contributed by atoms with van der Waals surface area (Å²) in [6.45, 7) is 3.83. The minimum Gasteiger partial charge on any atom is -0.340 e. The van der Waals surface area contributed by atoms with Crippen LogP contribution in [-0.4, -0.2) is 33.9 Å². The van der Waals surface area contributed by atoms with E-state index in [0.717, 1.165) is 35.8 Å². The monoisotopic (exact) mass is 317 g/mol. The Labute approximate surface area is 135 Å². The minimum atomic E-state index is -0.00282. The lowest BCUT2D eigenvalue weighted by atomic mass is 10.0. The highest BCUT2D eigenvalue weighted by Crippen LogP contribution is 2.19. The summed E-state index contributed by atoms with van der Waals surface area (Å²) in [5, 5.41) is 0.725. The lowest BCUT2D eigenvalue weighted by molar-refractivity contribution is 0.0671. The number of nitrogens with one attached hydrogen (secondary N) is 1. The molecule has 1 N–H and O–H groups in total. The number of hydrogen-bond acceptors (Lipinski definition) is 2. The van der Waals surface area contributed by atoms with Gasteiger partial charge in [0.05, 0.1) is 5.69 Å². The number of imidazole rings is 1. The predicted molar refractivity (Wildman–Crippen MR) is 87.1 cm³/mol. The molecule has 1 fully saturated rings. The number of amides is 1. The fourth-order valence-corrected chi connectivity index (χ4v) is 3.12. The van der Waals surface area contributed by atoms with Crippen molar-refractivity contribution in [1.29, 1.82) is 0 Å². The van der Waals surface area contributed by atoms with Crippen molar-refractivity contribution < 1.29 is 4.79 Å². The van der Waals surface area contributed by atoms with Crippen molar-refractivity contribution in [1.82, 2.24) is 14.9 Å². The van der Waals surface area contributed by atoms with Gasteiger partial charge >= 0.3 is 0 Å². The Morgan fingerprint density at radius 2 is 2.27 bits per heavy atom. The molecule has 116 valence electrons. The summed E-state index contributed by atoms with van der Waals surface area (Å²) >= 11 is 6.17. The molecule has 0 bridgehead atoms. The zero-order chi connectivity index (χ0) is 15.5. The van der Waals surface area contributed by atoms with E-state index in [-0.39, 0.29) is 5.91 Å². The molecule has 1 amide bonds. The van der Waals surface area contributed by atoms with Crippen LogP contribution >= 0.6 is 11.6 Å². The van der Waals surface area contributed by atoms with E-state index in [1.54, 1.807) is 6.20 Å². The minimum absolute atomic E-state index is 0.00282. The zero-order valence-corrected chi connectivity index (χ0v) is 13.4. The molecule has 2 heterocycles. The van der Waals surface area contributed by atoms with Crippen molar-refractivity contribution in [2.24, 2.45) is 5.92 Å². The molecule has 1 aromatic carbocycles. The van der Waals surface area contributed by atoms with Crippen LogP contribution in [0.3, 0.4) is 0 Å². The molecule has 0 spiro atoms. The van der Waals surface area contributed by atoms with Crippen molar-refractivity contribution in [2.75, 3.05) is 13.1 Å². The highest BCUT2D eigenvalue weighted by molar-refractivity contribution is 6.31. The average molecular weight is 318 g/mol. The third kappa shape index (κ3) is 3.33. The number of aromatic amines is 1. The first-order valence-electron chi connectivity index (χ1n) is 7.70. The van der Waals surface area contributed by atoms with E-state index in [0.29, 0.717) is 18.2 Å². The van der Waals surface area contributed by atoms with E-state index in [1.807, 2.05) is 29.2 Å². The highest BCUT2D eigenvalue weighted by atomic mass is 35.5. The Hall–Kier alpha value is -1.81. The van der Waals surface area contributed by atoms with E-state index in [2.05, 4.69) is 16.9 Å². The average Bonchev–Trinajstić information content (AvgIpc) is 2.97. The van der Waals surface area contributed by atoms with Gasteiger partial charge < -0.3 is 9.88 Å². The Morgan fingerprint density at radius 1 is 1.45 bits per heavy atom. The van der Waals surface area contributed by atoms with Crippen molar-refractivity contribution in [3.63, 3.8) is 0 Å². The first-order chi connectivity index (χ1) is 10.6. The van der Waals surface area contributed by atoms with Crippen LogP contribution in [0.2, 0.25) is 5.02 Å². The maximum Gasteiger partial charge on any atom is 0.289 e. The number of piperidine rings is 1. The molecule has 1 atom stereocenters. The summed E-state index contributed by atoms with van der Waals surface area (Å²) < 4.78 is 0. The van der Waals surface area contributed by atoms with Crippen molar-refractivity contribution in [3.05, 3.63) is 52.6 Å². The summed E-state index contributed by atoms with van der Waals surface area (Å²) in [6.07, 6.45) is 4.68.